The summed E-state index contributed by atoms with van der Waals surface area (Å²) in [4.78, 5) is 20.2. The lowest BCUT2D eigenvalue weighted by molar-refractivity contribution is 0.0945. The Balaban J connectivity index is 1.94. The molecule has 0 radical (unpaired) electrons. The molecule has 0 saturated carbocycles. The van der Waals surface area contributed by atoms with Crippen LogP contribution in [0.2, 0.25) is 0 Å². The highest BCUT2D eigenvalue weighted by Gasteiger charge is 2.08. The summed E-state index contributed by atoms with van der Waals surface area (Å²) in [6.45, 7) is 6.70. The van der Waals surface area contributed by atoms with Gasteiger partial charge in [0.15, 0.2) is 0 Å². The second-order valence-electron chi connectivity index (χ2n) is 4.57. The lowest BCUT2D eigenvalue weighted by Gasteiger charge is -2.08. The Kier molecular flexibility index (Phi) is 5.04. The topological polar surface area (TPSA) is 66.9 Å². The third kappa shape index (κ3) is 4.14. The number of rotatable bonds is 6. The molecule has 21 heavy (non-hydrogen) atoms. The van der Waals surface area contributed by atoms with Crippen molar-refractivity contribution in [2.24, 2.45) is 0 Å². The zero-order valence-corrected chi connectivity index (χ0v) is 12.0. The van der Waals surface area contributed by atoms with Crippen LogP contribution in [0.1, 0.15) is 21.6 Å². The Morgan fingerprint density at radius 1 is 1.29 bits per heavy atom. The van der Waals surface area contributed by atoms with Crippen LogP contribution >= 0.6 is 0 Å². The second kappa shape index (κ2) is 7.19. The van der Waals surface area contributed by atoms with E-state index < -0.39 is 0 Å². The minimum atomic E-state index is -0.235. The largest absolute Gasteiger partial charge is 0.365 e. The number of hydrogen-bond acceptors (Lipinski definition) is 4. The Bertz CT molecular complexity index is 622. The molecule has 1 aromatic carbocycles. The molecule has 2 aromatic rings. The van der Waals surface area contributed by atoms with Gasteiger partial charge in [-0.1, -0.05) is 30.3 Å². The first-order chi connectivity index (χ1) is 10.2. The number of benzene rings is 1. The molecular weight excluding hydrogens is 264 g/mol. The summed E-state index contributed by atoms with van der Waals surface area (Å²) >= 11 is 0. The summed E-state index contributed by atoms with van der Waals surface area (Å²) in [6, 6.07) is 7.93. The highest BCUT2D eigenvalue weighted by atomic mass is 16.1. The standard InChI is InChI=1S/C16H18N4O/c1-3-8-17-15-11-18-14(10-19-15)16(21)20-9-13-7-5-4-6-12(13)2/h3-7,10-11H,1,8-9H2,2H3,(H,17,19)(H,20,21). The fourth-order valence-corrected chi connectivity index (χ4v) is 1.79. The molecule has 0 aliphatic heterocycles. The number of carbonyl (C=O) groups excluding carboxylic acids is 1. The summed E-state index contributed by atoms with van der Waals surface area (Å²) in [6.07, 6.45) is 4.72. The van der Waals surface area contributed by atoms with E-state index >= 15 is 0 Å². The van der Waals surface area contributed by atoms with Crippen molar-refractivity contribution in [2.45, 2.75) is 13.5 Å². The monoisotopic (exact) mass is 282 g/mol. The van der Waals surface area contributed by atoms with Gasteiger partial charge in [0.25, 0.3) is 5.91 Å². The number of amides is 1. The number of anilines is 1. The van der Waals surface area contributed by atoms with Gasteiger partial charge in [0, 0.05) is 13.1 Å². The molecule has 0 bridgehead atoms. The maximum absolute atomic E-state index is 12.0. The molecule has 0 saturated heterocycles. The number of aryl methyl sites for hydroxylation is 1. The number of hydrogen-bond donors (Lipinski definition) is 2. The van der Waals surface area contributed by atoms with Crippen molar-refractivity contribution >= 4 is 11.7 Å². The number of nitrogens with one attached hydrogen (secondary N) is 2. The van der Waals surface area contributed by atoms with Gasteiger partial charge < -0.3 is 10.6 Å². The Morgan fingerprint density at radius 2 is 2.10 bits per heavy atom. The van der Waals surface area contributed by atoms with E-state index in [-0.39, 0.29) is 5.91 Å². The van der Waals surface area contributed by atoms with E-state index in [4.69, 9.17) is 0 Å². The van der Waals surface area contributed by atoms with Crippen LogP contribution in [-0.4, -0.2) is 22.4 Å². The molecule has 2 N–H and O–H groups in total. The van der Waals surface area contributed by atoms with E-state index in [1.807, 2.05) is 31.2 Å². The molecule has 0 aliphatic carbocycles. The van der Waals surface area contributed by atoms with Crippen molar-refractivity contribution < 1.29 is 4.79 Å². The molecule has 1 aromatic heterocycles. The van der Waals surface area contributed by atoms with Crippen LogP contribution in [0.25, 0.3) is 0 Å². The van der Waals surface area contributed by atoms with Crippen molar-refractivity contribution in [1.29, 1.82) is 0 Å². The molecule has 1 heterocycles. The molecule has 0 aliphatic rings. The van der Waals surface area contributed by atoms with Crippen LogP contribution in [-0.2, 0) is 6.54 Å². The lowest BCUT2D eigenvalue weighted by atomic mass is 10.1. The number of carbonyl (C=O) groups is 1. The van der Waals surface area contributed by atoms with Gasteiger partial charge in [0.05, 0.1) is 12.4 Å². The maximum Gasteiger partial charge on any atom is 0.271 e. The third-order valence-corrected chi connectivity index (χ3v) is 3.01. The van der Waals surface area contributed by atoms with Crippen LogP contribution < -0.4 is 10.6 Å². The van der Waals surface area contributed by atoms with Gasteiger partial charge in [-0.2, -0.15) is 0 Å². The lowest BCUT2D eigenvalue weighted by Crippen LogP contribution is -2.24. The van der Waals surface area contributed by atoms with E-state index in [1.165, 1.54) is 12.4 Å². The van der Waals surface area contributed by atoms with Gasteiger partial charge in [-0.15, -0.1) is 6.58 Å². The molecule has 2 rings (SSSR count). The zero-order valence-electron chi connectivity index (χ0n) is 12.0. The number of aromatic nitrogens is 2. The van der Waals surface area contributed by atoms with Gasteiger partial charge in [0.1, 0.15) is 11.5 Å². The van der Waals surface area contributed by atoms with Crippen LogP contribution in [0.4, 0.5) is 5.82 Å². The highest BCUT2D eigenvalue weighted by Crippen LogP contribution is 2.07. The van der Waals surface area contributed by atoms with Gasteiger partial charge in [-0.05, 0) is 18.1 Å². The third-order valence-electron chi connectivity index (χ3n) is 3.01. The second-order valence-corrected chi connectivity index (χ2v) is 4.57. The van der Waals surface area contributed by atoms with Gasteiger partial charge in [0.2, 0.25) is 0 Å². The van der Waals surface area contributed by atoms with Gasteiger partial charge in [-0.25, -0.2) is 9.97 Å². The van der Waals surface area contributed by atoms with E-state index in [2.05, 4.69) is 27.2 Å². The summed E-state index contributed by atoms with van der Waals surface area (Å²) in [5, 5.41) is 5.84. The summed E-state index contributed by atoms with van der Waals surface area (Å²) in [5.74, 6) is 0.381. The molecular formula is C16H18N4O. The number of nitrogens with zero attached hydrogens (tertiary/aromatic N) is 2. The fraction of sp³-hybridized carbons (Fsp3) is 0.188. The van der Waals surface area contributed by atoms with E-state index in [0.29, 0.717) is 24.6 Å². The molecule has 108 valence electrons. The quantitative estimate of drug-likeness (QED) is 0.798. The average molecular weight is 282 g/mol. The Labute approximate surface area is 124 Å². The van der Waals surface area contributed by atoms with Crippen LogP contribution in [0.15, 0.2) is 49.3 Å². The Morgan fingerprint density at radius 3 is 2.76 bits per heavy atom. The minimum absolute atomic E-state index is 0.235. The van der Waals surface area contributed by atoms with Gasteiger partial charge >= 0.3 is 0 Å². The van der Waals surface area contributed by atoms with E-state index in [1.54, 1.807) is 6.08 Å². The predicted octanol–water partition coefficient (Wildman–Crippen LogP) is 2.31. The van der Waals surface area contributed by atoms with Crippen LogP contribution in [0, 0.1) is 6.92 Å². The molecule has 0 unspecified atom stereocenters. The highest BCUT2D eigenvalue weighted by molar-refractivity contribution is 5.91. The van der Waals surface area contributed by atoms with Crippen molar-refractivity contribution in [3.05, 3.63) is 66.1 Å². The first kappa shape index (κ1) is 14.7. The minimum Gasteiger partial charge on any atom is -0.365 e. The van der Waals surface area contributed by atoms with Crippen molar-refractivity contribution in [2.75, 3.05) is 11.9 Å². The molecule has 0 atom stereocenters. The average Bonchev–Trinajstić information content (AvgIpc) is 2.52. The predicted molar refractivity (Wildman–Crippen MR) is 83.1 cm³/mol. The smallest absolute Gasteiger partial charge is 0.271 e. The SMILES string of the molecule is C=CCNc1cnc(C(=O)NCc2ccccc2C)cn1. The summed E-state index contributed by atoms with van der Waals surface area (Å²) in [7, 11) is 0. The van der Waals surface area contributed by atoms with Crippen molar-refractivity contribution in [3.8, 4) is 0 Å². The first-order valence-electron chi connectivity index (χ1n) is 6.70. The normalized spacial score (nSPS) is 9.95. The fourth-order valence-electron chi connectivity index (χ4n) is 1.79. The van der Waals surface area contributed by atoms with E-state index in [0.717, 1.165) is 11.1 Å². The molecule has 0 fully saturated rings. The maximum atomic E-state index is 12.0. The molecule has 0 spiro atoms. The zero-order chi connectivity index (χ0) is 15.1. The van der Waals surface area contributed by atoms with Crippen LogP contribution in [0.3, 0.4) is 0 Å². The summed E-state index contributed by atoms with van der Waals surface area (Å²) < 4.78 is 0. The van der Waals surface area contributed by atoms with Crippen molar-refractivity contribution in [1.82, 2.24) is 15.3 Å². The van der Waals surface area contributed by atoms with E-state index in [9.17, 15) is 4.79 Å². The van der Waals surface area contributed by atoms with Gasteiger partial charge in [-0.3, -0.25) is 4.79 Å². The molecule has 5 nitrogen and oxygen atoms in total. The summed E-state index contributed by atoms with van der Waals surface area (Å²) in [5.41, 5.74) is 2.53. The molecule has 1 amide bonds. The first-order valence-corrected chi connectivity index (χ1v) is 6.70. The molecule has 5 heteroatoms. The van der Waals surface area contributed by atoms with Crippen LogP contribution in [0.5, 0.6) is 0 Å². The Hall–Kier alpha value is -2.69. The van der Waals surface area contributed by atoms with Crippen molar-refractivity contribution in [3.63, 3.8) is 0 Å².